The fraction of sp³-hybridized carbons (Fsp3) is 0.182. The van der Waals surface area contributed by atoms with E-state index in [-0.39, 0.29) is 12.2 Å². The molecule has 0 aromatic heterocycles. The van der Waals surface area contributed by atoms with Gasteiger partial charge in [-0.25, -0.2) is 0 Å². The molecule has 2 N–H and O–H groups in total. The summed E-state index contributed by atoms with van der Waals surface area (Å²) in [7, 11) is 1.46. The second-order valence-electron chi connectivity index (χ2n) is 2.76. The van der Waals surface area contributed by atoms with Gasteiger partial charge in [0.15, 0.2) is 0 Å². The molecule has 78 valence electrons. The molecular weight excluding hydrogens is 196 g/mol. The molecule has 0 spiro atoms. The topological polar surface area (TPSA) is 66.8 Å². The summed E-state index contributed by atoms with van der Waals surface area (Å²) >= 11 is 0. The van der Waals surface area contributed by atoms with Crippen LogP contribution in [0.25, 0.3) is 0 Å². The summed E-state index contributed by atoms with van der Waals surface area (Å²) in [4.78, 5) is 10.2. The second-order valence-corrected chi connectivity index (χ2v) is 2.76. The first-order valence-corrected chi connectivity index (χ1v) is 4.21. The lowest BCUT2D eigenvalue weighted by Gasteiger charge is -2.02. The van der Waals surface area contributed by atoms with Gasteiger partial charge in [0.2, 0.25) is 0 Å². The van der Waals surface area contributed by atoms with Gasteiger partial charge in [-0.15, -0.1) is 0 Å². The van der Waals surface area contributed by atoms with Crippen molar-refractivity contribution in [1.82, 2.24) is 0 Å². The quantitative estimate of drug-likeness (QED) is 0.714. The zero-order chi connectivity index (χ0) is 11.3. The van der Waals surface area contributed by atoms with E-state index >= 15 is 0 Å². The van der Waals surface area contributed by atoms with Crippen LogP contribution in [0.2, 0.25) is 0 Å². The SMILES string of the molecule is COc1cc(O)ccc1C#CCC(=O)O. The van der Waals surface area contributed by atoms with Crippen LogP contribution in [-0.2, 0) is 4.79 Å². The molecule has 0 atom stereocenters. The van der Waals surface area contributed by atoms with Crippen LogP contribution < -0.4 is 4.74 Å². The molecule has 0 saturated carbocycles. The number of carbonyl (C=O) groups is 1. The Balaban J connectivity index is 2.92. The van der Waals surface area contributed by atoms with Crippen LogP contribution >= 0.6 is 0 Å². The Kier molecular flexibility index (Phi) is 3.58. The summed E-state index contributed by atoms with van der Waals surface area (Å²) in [6.07, 6.45) is -0.218. The Morgan fingerprint density at radius 1 is 1.53 bits per heavy atom. The van der Waals surface area contributed by atoms with Gasteiger partial charge in [0, 0.05) is 6.07 Å². The third-order valence-corrected chi connectivity index (χ3v) is 1.65. The van der Waals surface area contributed by atoms with Gasteiger partial charge < -0.3 is 14.9 Å². The van der Waals surface area contributed by atoms with Crippen molar-refractivity contribution in [3.63, 3.8) is 0 Å². The molecule has 0 amide bonds. The largest absolute Gasteiger partial charge is 0.508 e. The highest BCUT2D eigenvalue weighted by Crippen LogP contribution is 2.22. The van der Waals surface area contributed by atoms with Crippen LogP contribution in [0, 0.1) is 11.8 Å². The number of carboxylic acid groups (broad SMARTS) is 1. The number of aliphatic carboxylic acids is 1. The van der Waals surface area contributed by atoms with Gasteiger partial charge in [-0.3, -0.25) is 4.79 Å². The number of hydrogen-bond donors (Lipinski definition) is 2. The van der Waals surface area contributed by atoms with E-state index in [1.807, 2.05) is 0 Å². The molecule has 0 unspecified atom stereocenters. The van der Waals surface area contributed by atoms with E-state index < -0.39 is 5.97 Å². The highest BCUT2D eigenvalue weighted by molar-refractivity contribution is 5.70. The Morgan fingerprint density at radius 3 is 2.87 bits per heavy atom. The molecule has 0 fully saturated rings. The summed E-state index contributed by atoms with van der Waals surface area (Å²) in [6, 6.07) is 4.46. The molecule has 0 heterocycles. The number of benzene rings is 1. The fourth-order valence-electron chi connectivity index (χ4n) is 0.998. The van der Waals surface area contributed by atoms with Crippen molar-refractivity contribution in [3.8, 4) is 23.3 Å². The highest BCUT2D eigenvalue weighted by Gasteiger charge is 2.00. The number of aromatic hydroxyl groups is 1. The standard InChI is InChI=1S/C11H10O4/c1-15-10-7-9(12)6-5-8(10)3-2-4-11(13)14/h5-7,12H,4H2,1H3,(H,13,14). The van der Waals surface area contributed by atoms with Crippen molar-refractivity contribution < 1.29 is 19.7 Å². The Hall–Kier alpha value is -2.15. The first-order valence-electron chi connectivity index (χ1n) is 4.21. The smallest absolute Gasteiger partial charge is 0.315 e. The van der Waals surface area contributed by atoms with Crippen LogP contribution in [-0.4, -0.2) is 23.3 Å². The van der Waals surface area contributed by atoms with Crippen LogP contribution in [0.1, 0.15) is 12.0 Å². The summed E-state index contributed by atoms with van der Waals surface area (Å²) in [5.41, 5.74) is 0.552. The average molecular weight is 206 g/mol. The van der Waals surface area contributed by atoms with E-state index in [0.29, 0.717) is 11.3 Å². The third-order valence-electron chi connectivity index (χ3n) is 1.65. The lowest BCUT2D eigenvalue weighted by Crippen LogP contribution is -1.91. The molecule has 0 aliphatic heterocycles. The molecule has 4 heteroatoms. The van der Waals surface area contributed by atoms with Crippen LogP contribution in [0.4, 0.5) is 0 Å². The Bertz CT molecular complexity index is 426. The van der Waals surface area contributed by atoms with E-state index in [9.17, 15) is 4.79 Å². The van der Waals surface area contributed by atoms with E-state index in [2.05, 4.69) is 11.8 Å². The number of hydrogen-bond acceptors (Lipinski definition) is 3. The highest BCUT2D eigenvalue weighted by atomic mass is 16.5. The average Bonchev–Trinajstić information content (AvgIpc) is 2.19. The van der Waals surface area contributed by atoms with Crippen molar-refractivity contribution in [2.24, 2.45) is 0 Å². The molecular formula is C11H10O4. The van der Waals surface area contributed by atoms with Crippen LogP contribution in [0.3, 0.4) is 0 Å². The van der Waals surface area contributed by atoms with E-state index in [0.717, 1.165) is 0 Å². The lowest BCUT2D eigenvalue weighted by molar-refractivity contribution is -0.135. The van der Waals surface area contributed by atoms with Gasteiger partial charge in [-0.05, 0) is 12.1 Å². The summed E-state index contributed by atoms with van der Waals surface area (Å²) < 4.78 is 4.97. The number of phenols is 1. The first kappa shape index (κ1) is 10.9. The van der Waals surface area contributed by atoms with Crippen molar-refractivity contribution in [2.75, 3.05) is 7.11 Å². The van der Waals surface area contributed by atoms with Gasteiger partial charge in [-0.1, -0.05) is 11.8 Å². The van der Waals surface area contributed by atoms with Crippen molar-refractivity contribution in [1.29, 1.82) is 0 Å². The summed E-state index contributed by atoms with van der Waals surface area (Å²) in [5.74, 6) is 4.67. The minimum Gasteiger partial charge on any atom is -0.508 e. The zero-order valence-electron chi connectivity index (χ0n) is 8.15. The molecule has 15 heavy (non-hydrogen) atoms. The minimum absolute atomic E-state index is 0.0793. The molecule has 0 saturated heterocycles. The second kappa shape index (κ2) is 4.91. The van der Waals surface area contributed by atoms with Gasteiger partial charge in [0.25, 0.3) is 0 Å². The first-order chi connectivity index (χ1) is 7.13. The molecule has 0 radical (unpaired) electrons. The van der Waals surface area contributed by atoms with E-state index in [1.165, 1.54) is 19.2 Å². The molecule has 1 aromatic carbocycles. The van der Waals surface area contributed by atoms with Gasteiger partial charge >= 0.3 is 5.97 Å². The maximum atomic E-state index is 10.2. The Labute approximate surface area is 87.1 Å². The minimum atomic E-state index is -0.972. The van der Waals surface area contributed by atoms with Crippen LogP contribution in [0.15, 0.2) is 18.2 Å². The number of methoxy groups -OCH3 is 1. The van der Waals surface area contributed by atoms with Gasteiger partial charge in [0.1, 0.15) is 17.9 Å². The predicted molar refractivity (Wildman–Crippen MR) is 53.8 cm³/mol. The van der Waals surface area contributed by atoms with Gasteiger partial charge in [0.05, 0.1) is 12.7 Å². The fourth-order valence-corrected chi connectivity index (χ4v) is 0.998. The maximum Gasteiger partial charge on any atom is 0.315 e. The number of phenolic OH excluding ortho intramolecular Hbond substituents is 1. The molecule has 1 rings (SSSR count). The van der Waals surface area contributed by atoms with Crippen molar-refractivity contribution in [3.05, 3.63) is 23.8 Å². The van der Waals surface area contributed by atoms with Crippen molar-refractivity contribution in [2.45, 2.75) is 6.42 Å². The maximum absolute atomic E-state index is 10.2. The van der Waals surface area contributed by atoms with Crippen LogP contribution in [0.5, 0.6) is 11.5 Å². The van der Waals surface area contributed by atoms with Gasteiger partial charge in [-0.2, -0.15) is 0 Å². The zero-order valence-corrected chi connectivity index (χ0v) is 8.15. The summed E-state index contributed by atoms with van der Waals surface area (Å²) in [6.45, 7) is 0. The lowest BCUT2D eigenvalue weighted by atomic mass is 10.2. The van der Waals surface area contributed by atoms with E-state index in [4.69, 9.17) is 14.9 Å². The summed E-state index contributed by atoms with van der Waals surface area (Å²) in [5, 5.41) is 17.5. The molecule has 0 aliphatic rings. The molecule has 1 aromatic rings. The van der Waals surface area contributed by atoms with E-state index in [1.54, 1.807) is 6.07 Å². The monoisotopic (exact) mass is 206 g/mol. The number of rotatable bonds is 2. The molecule has 0 bridgehead atoms. The predicted octanol–water partition coefficient (Wildman–Crippen LogP) is 1.23. The number of carboxylic acids is 1. The molecule has 0 aliphatic carbocycles. The third kappa shape index (κ3) is 3.24. The van der Waals surface area contributed by atoms with Crippen molar-refractivity contribution >= 4 is 5.97 Å². The Morgan fingerprint density at radius 2 is 2.27 bits per heavy atom. The molecule has 4 nitrogen and oxygen atoms in total. The normalized spacial score (nSPS) is 8.87. The number of ether oxygens (including phenoxy) is 1.